The molecule has 1 amide bonds. The largest absolute Gasteiger partial charge is 0.488 e. The number of aryl methyl sites for hydroxylation is 1. The number of nitro groups is 1. The molecule has 0 radical (unpaired) electrons. The van der Waals surface area contributed by atoms with Crippen LogP contribution in [0.15, 0.2) is 70.7 Å². The SMILES string of the molecule is Cc1ccc(NC(=O)/C(C#N)=C\c2ccc(OCc3cccc([N+](=O)[O-])c3)c(Br)c2)cc1Cl. The van der Waals surface area contributed by atoms with Gasteiger partial charge in [0.15, 0.2) is 0 Å². The van der Waals surface area contributed by atoms with Gasteiger partial charge in [0.2, 0.25) is 0 Å². The van der Waals surface area contributed by atoms with Gasteiger partial charge >= 0.3 is 0 Å². The zero-order valence-corrected chi connectivity index (χ0v) is 19.7. The summed E-state index contributed by atoms with van der Waals surface area (Å²) in [5, 5.41) is 23.5. The number of non-ortho nitro benzene ring substituents is 1. The molecule has 0 fully saturated rings. The second-order valence-electron chi connectivity index (χ2n) is 6.99. The first-order chi connectivity index (χ1) is 15.8. The van der Waals surface area contributed by atoms with Crippen LogP contribution in [0.3, 0.4) is 0 Å². The van der Waals surface area contributed by atoms with Crippen molar-refractivity contribution in [3.8, 4) is 11.8 Å². The van der Waals surface area contributed by atoms with Crippen molar-refractivity contribution in [2.45, 2.75) is 13.5 Å². The molecule has 3 aromatic carbocycles. The highest BCUT2D eigenvalue weighted by molar-refractivity contribution is 9.10. The molecule has 0 saturated heterocycles. The summed E-state index contributed by atoms with van der Waals surface area (Å²) in [7, 11) is 0. The molecule has 3 rings (SSSR count). The summed E-state index contributed by atoms with van der Waals surface area (Å²) in [4.78, 5) is 22.9. The van der Waals surface area contributed by atoms with E-state index in [9.17, 15) is 20.2 Å². The summed E-state index contributed by atoms with van der Waals surface area (Å²) in [6, 6.07) is 18.3. The number of amides is 1. The van der Waals surface area contributed by atoms with E-state index in [4.69, 9.17) is 16.3 Å². The molecule has 0 bridgehead atoms. The smallest absolute Gasteiger partial charge is 0.269 e. The predicted molar refractivity (Wildman–Crippen MR) is 130 cm³/mol. The van der Waals surface area contributed by atoms with Gasteiger partial charge in [0.05, 0.1) is 9.40 Å². The molecule has 0 unspecified atom stereocenters. The van der Waals surface area contributed by atoms with E-state index in [1.54, 1.807) is 48.5 Å². The van der Waals surface area contributed by atoms with E-state index >= 15 is 0 Å². The summed E-state index contributed by atoms with van der Waals surface area (Å²) >= 11 is 9.50. The number of benzene rings is 3. The van der Waals surface area contributed by atoms with E-state index in [1.165, 1.54) is 18.2 Å². The maximum Gasteiger partial charge on any atom is 0.269 e. The van der Waals surface area contributed by atoms with Gasteiger partial charge < -0.3 is 10.1 Å². The van der Waals surface area contributed by atoms with Crippen LogP contribution in [0.25, 0.3) is 6.08 Å². The molecular weight excluding hydrogens is 510 g/mol. The standard InChI is InChI=1S/C24H17BrClN3O4/c1-15-5-7-19(12-22(15)26)28-24(30)18(13-27)9-16-6-8-23(21(25)11-16)33-14-17-3-2-4-20(10-17)29(31)32/h2-12H,14H2,1H3,(H,28,30)/b18-9-. The minimum Gasteiger partial charge on any atom is -0.488 e. The van der Waals surface area contributed by atoms with Crippen LogP contribution in [0, 0.1) is 28.4 Å². The van der Waals surface area contributed by atoms with Gasteiger partial charge in [0.1, 0.15) is 24.0 Å². The predicted octanol–water partition coefficient (Wildman–Crippen LogP) is 6.44. The average Bonchev–Trinajstić information content (AvgIpc) is 2.79. The van der Waals surface area contributed by atoms with Crippen LogP contribution in [0.2, 0.25) is 5.02 Å². The van der Waals surface area contributed by atoms with Crippen LogP contribution in [0.4, 0.5) is 11.4 Å². The number of carbonyl (C=O) groups is 1. The molecule has 33 heavy (non-hydrogen) atoms. The van der Waals surface area contributed by atoms with E-state index in [0.29, 0.717) is 32.1 Å². The molecular formula is C24H17BrClN3O4. The van der Waals surface area contributed by atoms with Crippen molar-refractivity contribution in [1.29, 1.82) is 5.26 Å². The van der Waals surface area contributed by atoms with Gasteiger partial charge in [0.25, 0.3) is 11.6 Å². The first-order valence-corrected chi connectivity index (χ1v) is 10.8. The molecule has 7 nitrogen and oxygen atoms in total. The zero-order chi connectivity index (χ0) is 24.0. The molecule has 0 spiro atoms. The number of carbonyl (C=O) groups excluding carboxylic acids is 1. The van der Waals surface area contributed by atoms with Gasteiger partial charge in [0, 0.05) is 22.8 Å². The van der Waals surface area contributed by atoms with Crippen molar-refractivity contribution in [3.05, 3.63) is 103 Å². The second-order valence-corrected chi connectivity index (χ2v) is 8.25. The number of rotatable bonds is 7. The highest BCUT2D eigenvalue weighted by Gasteiger charge is 2.12. The molecule has 0 aliphatic carbocycles. The van der Waals surface area contributed by atoms with Crippen LogP contribution in [-0.2, 0) is 11.4 Å². The van der Waals surface area contributed by atoms with E-state index in [-0.39, 0.29) is 17.9 Å². The van der Waals surface area contributed by atoms with Gasteiger partial charge in [-0.05, 0) is 69.9 Å². The third kappa shape index (κ3) is 6.42. The third-order valence-electron chi connectivity index (χ3n) is 4.58. The molecule has 0 aromatic heterocycles. The number of nitrogens with one attached hydrogen (secondary N) is 1. The Hall–Kier alpha value is -3.67. The van der Waals surface area contributed by atoms with Crippen molar-refractivity contribution in [2.24, 2.45) is 0 Å². The number of nitrogens with zero attached hydrogens (tertiary/aromatic N) is 2. The first kappa shape index (κ1) is 24.0. The van der Waals surface area contributed by atoms with Gasteiger partial charge in [-0.1, -0.05) is 35.9 Å². The van der Waals surface area contributed by atoms with Gasteiger partial charge in [-0.15, -0.1) is 0 Å². The Morgan fingerprint density at radius 2 is 2.03 bits per heavy atom. The highest BCUT2D eigenvalue weighted by atomic mass is 79.9. The maximum absolute atomic E-state index is 12.5. The quantitative estimate of drug-likeness (QED) is 0.165. The molecule has 0 aliphatic rings. The Balaban J connectivity index is 1.71. The lowest BCUT2D eigenvalue weighted by Crippen LogP contribution is -2.13. The minimum atomic E-state index is -0.556. The number of hydrogen-bond acceptors (Lipinski definition) is 5. The molecule has 0 atom stereocenters. The lowest BCUT2D eigenvalue weighted by atomic mass is 10.1. The van der Waals surface area contributed by atoms with Crippen LogP contribution >= 0.6 is 27.5 Å². The summed E-state index contributed by atoms with van der Waals surface area (Å²) in [6.45, 7) is 1.99. The number of halogens is 2. The monoisotopic (exact) mass is 525 g/mol. The highest BCUT2D eigenvalue weighted by Crippen LogP contribution is 2.28. The molecule has 0 aliphatic heterocycles. The summed E-state index contributed by atoms with van der Waals surface area (Å²) in [6.07, 6.45) is 1.46. The summed E-state index contributed by atoms with van der Waals surface area (Å²) in [5.74, 6) is -0.0459. The Morgan fingerprint density at radius 1 is 1.24 bits per heavy atom. The Labute approximate surface area is 203 Å². The average molecular weight is 527 g/mol. The summed E-state index contributed by atoms with van der Waals surface area (Å²) in [5.41, 5.74) is 2.54. The van der Waals surface area contributed by atoms with Gasteiger partial charge in [-0.25, -0.2) is 0 Å². The van der Waals surface area contributed by atoms with Crippen LogP contribution in [0.5, 0.6) is 5.75 Å². The van der Waals surface area contributed by atoms with Crippen LogP contribution in [-0.4, -0.2) is 10.8 Å². The Bertz CT molecular complexity index is 1300. The number of anilines is 1. The third-order valence-corrected chi connectivity index (χ3v) is 5.60. The fraction of sp³-hybridized carbons (Fsp3) is 0.0833. The molecule has 1 N–H and O–H groups in total. The maximum atomic E-state index is 12.5. The number of hydrogen-bond donors (Lipinski definition) is 1. The Morgan fingerprint density at radius 3 is 2.70 bits per heavy atom. The lowest BCUT2D eigenvalue weighted by molar-refractivity contribution is -0.384. The number of nitro benzene ring substituents is 1. The van der Waals surface area contributed by atoms with Crippen molar-refractivity contribution >= 4 is 50.9 Å². The van der Waals surface area contributed by atoms with Crippen molar-refractivity contribution < 1.29 is 14.5 Å². The number of ether oxygens (including phenoxy) is 1. The van der Waals surface area contributed by atoms with Gasteiger partial charge in [-0.3, -0.25) is 14.9 Å². The topological polar surface area (TPSA) is 105 Å². The van der Waals surface area contributed by atoms with Crippen LogP contribution in [0.1, 0.15) is 16.7 Å². The molecule has 9 heteroatoms. The van der Waals surface area contributed by atoms with E-state index in [1.807, 2.05) is 13.0 Å². The minimum absolute atomic E-state index is 0.00845. The Kier molecular flexibility index (Phi) is 7.83. The normalized spacial score (nSPS) is 10.9. The van der Waals surface area contributed by atoms with E-state index in [2.05, 4.69) is 21.2 Å². The van der Waals surface area contributed by atoms with Crippen LogP contribution < -0.4 is 10.1 Å². The van der Waals surface area contributed by atoms with E-state index < -0.39 is 10.8 Å². The lowest BCUT2D eigenvalue weighted by Gasteiger charge is -2.09. The summed E-state index contributed by atoms with van der Waals surface area (Å²) < 4.78 is 6.35. The number of nitriles is 1. The fourth-order valence-corrected chi connectivity index (χ4v) is 3.52. The molecule has 3 aromatic rings. The molecule has 0 heterocycles. The molecule has 0 saturated carbocycles. The van der Waals surface area contributed by atoms with Crippen molar-refractivity contribution in [1.82, 2.24) is 0 Å². The van der Waals surface area contributed by atoms with E-state index in [0.717, 1.165) is 5.56 Å². The zero-order valence-electron chi connectivity index (χ0n) is 17.3. The van der Waals surface area contributed by atoms with Crippen molar-refractivity contribution in [2.75, 3.05) is 5.32 Å². The second kappa shape index (κ2) is 10.8. The first-order valence-electron chi connectivity index (χ1n) is 9.62. The fourth-order valence-electron chi connectivity index (χ4n) is 2.83. The van der Waals surface area contributed by atoms with Gasteiger partial charge in [-0.2, -0.15) is 5.26 Å². The van der Waals surface area contributed by atoms with Crippen molar-refractivity contribution in [3.63, 3.8) is 0 Å². The molecule has 166 valence electrons.